The Morgan fingerprint density at radius 3 is 2.57 bits per heavy atom. The molecule has 0 N–H and O–H groups in total. The Labute approximate surface area is 170 Å². The topological polar surface area (TPSA) is 63.9 Å². The van der Waals surface area contributed by atoms with Gasteiger partial charge in [-0.25, -0.2) is 0 Å². The SMILES string of the molecule is Cc1ccc(Oc2nc3ccccn3c(=O)c2/C=C2/SC(=S)N(C)C2=O)cc1. The number of carbonyl (C=O) groups is 1. The van der Waals surface area contributed by atoms with Crippen LogP contribution in [0.25, 0.3) is 11.7 Å². The first-order chi connectivity index (χ1) is 13.4. The smallest absolute Gasteiger partial charge is 0.269 e. The molecule has 8 heteroatoms. The van der Waals surface area contributed by atoms with Gasteiger partial charge in [0.1, 0.15) is 21.3 Å². The number of nitrogens with zero attached hydrogens (tertiary/aromatic N) is 3. The normalized spacial score (nSPS) is 15.6. The summed E-state index contributed by atoms with van der Waals surface area (Å²) >= 11 is 6.31. The standard InChI is InChI=1S/C20H15N3O3S2/c1-12-6-8-13(9-7-12)26-17-14(11-15-19(25)22(2)20(27)28-15)18(24)23-10-4-3-5-16(23)21-17/h3-11H,1-2H3/b15-11+. The summed E-state index contributed by atoms with van der Waals surface area (Å²) in [5, 5.41) is 0. The van der Waals surface area contributed by atoms with Crippen molar-refractivity contribution in [2.45, 2.75) is 6.92 Å². The minimum atomic E-state index is -0.325. The van der Waals surface area contributed by atoms with E-state index in [0.29, 0.717) is 20.6 Å². The molecule has 0 bridgehead atoms. The van der Waals surface area contributed by atoms with Crippen molar-refractivity contribution in [3.8, 4) is 11.6 Å². The maximum absolute atomic E-state index is 13.1. The first-order valence-electron chi connectivity index (χ1n) is 8.41. The van der Waals surface area contributed by atoms with Crippen molar-refractivity contribution in [3.05, 3.63) is 75.0 Å². The molecule has 2 aromatic heterocycles. The maximum Gasteiger partial charge on any atom is 0.269 e. The third-order valence-corrected chi connectivity index (χ3v) is 5.72. The van der Waals surface area contributed by atoms with E-state index in [4.69, 9.17) is 17.0 Å². The van der Waals surface area contributed by atoms with Gasteiger partial charge in [0.15, 0.2) is 0 Å². The third-order valence-electron chi connectivity index (χ3n) is 4.23. The monoisotopic (exact) mass is 409 g/mol. The van der Waals surface area contributed by atoms with Crippen molar-refractivity contribution in [2.75, 3.05) is 7.05 Å². The molecule has 1 fully saturated rings. The molecule has 3 aromatic rings. The van der Waals surface area contributed by atoms with Crippen LogP contribution in [-0.4, -0.2) is 31.6 Å². The van der Waals surface area contributed by atoms with Crippen molar-refractivity contribution in [2.24, 2.45) is 0 Å². The molecule has 0 spiro atoms. The Morgan fingerprint density at radius 2 is 1.89 bits per heavy atom. The van der Waals surface area contributed by atoms with Crippen LogP contribution >= 0.6 is 24.0 Å². The summed E-state index contributed by atoms with van der Waals surface area (Å²) in [6, 6.07) is 12.7. The van der Waals surface area contributed by atoms with Crippen molar-refractivity contribution < 1.29 is 9.53 Å². The molecule has 6 nitrogen and oxygen atoms in total. The number of aryl methyl sites for hydroxylation is 1. The minimum Gasteiger partial charge on any atom is -0.438 e. The lowest BCUT2D eigenvalue weighted by molar-refractivity contribution is -0.121. The van der Waals surface area contributed by atoms with Crippen LogP contribution in [0.5, 0.6) is 11.6 Å². The number of aromatic nitrogens is 2. The number of benzene rings is 1. The predicted octanol–water partition coefficient (Wildman–Crippen LogP) is 3.63. The number of fused-ring (bicyclic) bond motifs is 1. The largest absolute Gasteiger partial charge is 0.438 e. The Balaban J connectivity index is 1.89. The number of thiocarbonyl (C=S) groups is 1. The first kappa shape index (κ1) is 18.4. The fraction of sp³-hybridized carbons (Fsp3) is 0.100. The van der Waals surface area contributed by atoms with E-state index in [9.17, 15) is 9.59 Å². The molecule has 1 amide bonds. The zero-order chi connectivity index (χ0) is 19.8. The molecule has 28 heavy (non-hydrogen) atoms. The Kier molecular flexibility index (Phi) is 4.74. The second-order valence-electron chi connectivity index (χ2n) is 6.22. The molecule has 1 aromatic carbocycles. The summed E-state index contributed by atoms with van der Waals surface area (Å²) in [6.45, 7) is 1.97. The van der Waals surface area contributed by atoms with E-state index in [1.165, 1.54) is 15.4 Å². The number of ether oxygens (including phenoxy) is 1. The van der Waals surface area contributed by atoms with Gasteiger partial charge in [-0.05, 0) is 37.3 Å². The number of amides is 1. The number of carbonyl (C=O) groups excluding carboxylic acids is 1. The van der Waals surface area contributed by atoms with Crippen LogP contribution in [0.3, 0.4) is 0 Å². The van der Waals surface area contributed by atoms with Crippen molar-refractivity contribution in [3.63, 3.8) is 0 Å². The second kappa shape index (κ2) is 7.21. The molecule has 1 aliphatic rings. The average molecular weight is 409 g/mol. The number of likely N-dealkylation sites (N-methyl/N-ethyl adjacent to an activating group) is 1. The van der Waals surface area contributed by atoms with E-state index in [2.05, 4.69) is 4.98 Å². The molecule has 0 radical (unpaired) electrons. The fourth-order valence-electron chi connectivity index (χ4n) is 2.68. The third kappa shape index (κ3) is 3.32. The molecular formula is C20H15N3O3S2. The van der Waals surface area contributed by atoms with Crippen molar-refractivity contribution in [1.82, 2.24) is 14.3 Å². The highest BCUT2D eigenvalue weighted by Crippen LogP contribution is 2.33. The molecule has 140 valence electrons. The lowest BCUT2D eigenvalue weighted by Gasteiger charge is -2.10. The van der Waals surface area contributed by atoms with Gasteiger partial charge >= 0.3 is 0 Å². The van der Waals surface area contributed by atoms with Crippen molar-refractivity contribution >= 4 is 45.9 Å². The summed E-state index contributed by atoms with van der Waals surface area (Å²) in [4.78, 5) is 31.7. The molecule has 0 saturated carbocycles. The van der Waals surface area contributed by atoms with E-state index in [-0.39, 0.29) is 22.9 Å². The zero-order valence-electron chi connectivity index (χ0n) is 15.1. The van der Waals surface area contributed by atoms with Gasteiger partial charge in [0.2, 0.25) is 5.88 Å². The van der Waals surface area contributed by atoms with Crippen LogP contribution in [0.15, 0.2) is 58.4 Å². The summed E-state index contributed by atoms with van der Waals surface area (Å²) in [6.07, 6.45) is 3.13. The summed E-state index contributed by atoms with van der Waals surface area (Å²) < 4.78 is 7.77. The highest BCUT2D eigenvalue weighted by Gasteiger charge is 2.29. The van der Waals surface area contributed by atoms with Crippen molar-refractivity contribution in [1.29, 1.82) is 0 Å². The molecule has 1 saturated heterocycles. The number of hydrogen-bond donors (Lipinski definition) is 0. The Bertz CT molecular complexity index is 1200. The second-order valence-corrected chi connectivity index (χ2v) is 7.90. The van der Waals surface area contributed by atoms with E-state index in [1.54, 1.807) is 43.6 Å². The van der Waals surface area contributed by atoms with E-state index >= 15 is 0 Å². The van der Waals surface area contributed by atoms with Gasteiger partial charge in [-0.3, -0.25) is 18.9 Å². The minimum absolute atomic E-state index is 0.140. The van der Waals surface area contributed by atoms with Gasteiger partial charge in [0.25, 0.3) is 11.5 Å². The number of hydrogen-bond acceptors (Lipinski definition) is 6. The lowest BCUT2D eigenvalue weighted by atomic mass is 10.2. The summed E-state index contributed by atoms with van der Waals surface area (Å²) in [5.74, 6) is 0.436. The predicted molar refractivity (Wildman–Crippen MR) is 114 cm³/mol. The van der Waals surface area contributed by atoms with Gasteiger partial charge in [0, 0.05) is 13.2 Å². The van der Waals surface area contributed by atoms with Crippen LogP contribution in [0.2, 0.25) is 0 Å². The van der Waals surface area contributed by atoms with Crippen LogP contribution in [0.4, 0.5) is 0 Å². The van der Waals surface area contributed by atoms with E-state index in [0.717, 1.165) is 17.3 Å². The van der Waals surface area contributed by atoms with Gasteiger partial charge in [-0.2, -0.15) is 4.98 Å². The molecular weight excluding hydrogens is 394 g/mol. The molecule has 1 aliphatic heterocycles. The average Bonchev–Trinajstić information content (AvgIpc) is 2.93. The molecule has 0 aliphatic carbocycles. The van der Waals surface area contributed by atoms with E-state index in [1.807, 2.05) is 19.1 Å². The van der Waals surface area contributed by atoms with Gasteiger partial charge in [-0.15, -0.1) is 0 Å². The van der Waals surface area contributed by atoms with Crippen LogP contribution < -0.4 is 10.3 Å². The van der Waals surface area contributed by atoms with Crippen LogP contribution in [0.1, 0.15) is 11.1 Å². The van der Waals surface area contributed by atoms with Gasteiger partial charge in [0.05, 0.1) is 4.91 Å². The van der Waals surface area contributed by atoms with E-state index < -0.39 is 0 Å². The first-order valence-corrected chi connectivity index (χ1v) is 9.64. The summed E-state index contributed by atoms with van der Waals surface area (Å²) in [5.41, 5.74) is 1.41. The number of thioether (sulfide) groups is 1. The molecule has 3 heterocycles. The molecule has 4 rings (SSSR count). The number of rotatable bonds is 3. The fourth-order valence-corrected chi connectivity index (χ4v) is 3.84. The van der Waals surface area contributed by atoms with Gasteiger partial charge < -0.3 is 4.74 Å². The highest BCUT2D eigenvalue weighted by atomic mass is 32.2. The molecule has 0 atom stereocenters. The van der Waals surface area contributed by atoms with Gasteiger partial charge in [-0.1, -0.05) is 47.7 Å². The quantitative estimate of drug-likeness (QED) is 0.486. The number of pyridine rings is 1. The van der Waals surface area contributed by atoms with Crippen LogP contribution in [-0.2, 0) is 4.79 Å². The lowest BCUT2D eigenvalue weighted by Crippen LogP contribution is -2.22. The molecule has 0 unspecified atom stereocenters. The Hall–Kier alpha value is -2.97. The Morgan fingerprint density at radius 1 is 1.14 bits per heavy atom. The maximum atomic E-state index is 13.1. The van der Waals surface area contributed by atoms with Crippen LogP contribution in [0, 0.1) is 6.92 Å². The highest BCUT2D eigenvalue weighted by molar-refractivity contribution is 8.26. The zero-order valence-corrected chi connectivity index (χ0v) is 16.7. The summed E-state index contributed by atoms with van der Waals surface area (Å²) in [7, 11) is 1.60.